The van der Waals surface area contributed by atoms with E-state index >= 15 is 0 Å². The van der Waals surface area contributed by atoms with Crippen LogP contribution in [0.15, 0.2) is 18.2 Å². The van der Waals surface area contributed by atoms with Crippen LogP contribution in [0.4, 0.5) is 4.39 Å². The lowest BCUT2D eigenvalue weighted by molar-refractivity contribution is -0.157. The molecule has 6 nitrogen and oxygen atoms in total. The van der Waals surface area contributed by atoms with E-state index in [0.29, 0.717) is 43.8 Å². The lowest BCUT2D eigenvalue weighted by Crippen LogP contribution is -2.57. The van der Waals surface area contributed by atoms with Crippen LogP contribution in [-0.2, 0) is 11.3 Å². The SMILES string of the molecule is COc1ccc(F)c(CN2CCC[C@](O)(CNCCCN)C2=O)c1. The van der Waals surface area contributed by atoms with Crippen molar-refractivity contribution in [2.24, 2.45) is 5.73 Å². The average molecular weight is 339 g/mol. The van der Waals surface area contributed by atoms with Crippen molar-refractivity contribution in [1.82, 2.24) is 10.2 Å². The van der Waals surface area contributed by atoms with Crippen molar-refractivity contribution in [3.63, 3.8) is 0 Å². The number of nitrogens with two attached hydrogens (primary N) is 1. The van der Waals surface area contributed by atoms with Crippen LogP contribution < -0.4 is 15.8 Å². The summed E-state index contributed by atoms with van der Waals surface area (Å²) in [5, 5.41) is 13.7. The Morgan fingerprint density at radius 2 is 2.29 bits per heavy atom. The lowest BCUT2D eigenvalue weighted by Gasteiger charge is -2.38. The third-order valence-electron chi connectivity index (χ3n) is 4.29. The number of nitrogens with zero attached hydrogens (tertiary/aromatic N) is 1. The number of nitrogens with one attached hydrogen (secondary N) is 1. The highest BCUT2D eigenvalue weighted by Crippen LogP contribution is 2.25. The summed E-state index contributed by atoms with van der Waals surface area (Å²) in [7, 11) is 1.51. The number of carbonyl (C=O) groups is 1. The molecule has 4 N–H and O–H groups in total. The third kappa shape index (κ3) is 4.43. The topological polar surface area (TPSA) is 87.8 Å². The summed E-state index contributed by atoms with van der Waals surface area (Å²) >= 11 is 0. The monoisotopic (exact) mass is 339 g/mol. The van der Waals surface area contributed by atoms with Crippen LogP contribution in [-0.4, -0.2) is 54.8 Å². The van der Waals surface area contributed by atoms with Gasteiger partial charge in [-0.1, -0.05) is 0 Å². The van der Waals surface area contributed by atoms with Gasteiger partial charge in [0.1, 0.15) is 11.6 Å². The summed E-state index contributed by atoms with van der Waals surface area (Å²) < 4.78 is 19.1. The van der Waals surface area contributed by atoms with Gasteiger partial charge in [-0.3, -0.25) is 4.79 Å². The van der Waals surface area contributed by atoms with E-state index in [0.717, 1.165) is 6.42 Å². The molecule has 1 aliphatic heterocycles. The molecule has 1 atom stereocenters. The van der Waals surface area contributed by atoms with Crippen molar-refractivity contribution >= 4 is 5.91 Å². The van der Waals surface area contributed by atoms with Crippen LogP contribution >= 0.6 is 0 Å². The number of piperidine rings is 1. The Morgan fingerprint density at radius 1 is 1.50 bits per heavy atom. The standard InChI is InChI=1S/C17H26FN3O3/c1-24-14-4-5-15(18)13(10-14)11-21-9-2-6-17(23,16(21)22)12-20-8-3-7-19/h4-5,10,20,23H,2-3,6-9,11-12,19H2,1H3/t17-/m0/s1. The van der Waals surface area contributed by atoms with E-state index in [1.54, 1.807) is 6.07 Å². The summed E-state index contributed by atoms with van der Waals surface area (Å²) in [6, 6.07) is 4.44. The Hall–Kier alpha value is -1.70. The molecule has 0 unspecified atom stereocenters. The minimum Gasteiger partial charge on any atom is -0.497 e. The highest BCUT2D eigenvalue weighted by Gasteiger charge is 2.41. The molecule has 0 saturated carbocycles. The summed E-state index contributed by atoms with van der Waals surface area (Å²) in [4.78, 5) is 14.1. The molecule has 1 amide bonds. The maximum absolute atomic E-state index is 14.0. The first-order valence-electron chi connectivity index (χ1n) is 8.25. The number of halogens is 1. The van der Waals surface area contributed by atoms with Gasteiger partial charge in [0.2, 0.25) is 0 Å². The van der Waals surface area contributed by atoms with Crippen molar-refractivity contribution in [2.75, 3.05) is 33.3 Å². The second-order valence-electron chi connectivity index (χ2n) is 6.14. The molecule has 0 aliphatic carbocycles. The van der Waals surface area contributed by atoms with E-state index < -0.39 is 11.4 Å². The number of rotatable bonds is 8. The molecule has 1 saturated heterocycles. The molecule has 1 aromatic rings. The Kier molecular flexibility index (Phi) is 6.53. The minimum atomic E-state index is -1.44. The van der Waals surface area contributed by atoms with Crippen molar-refractivity contribution in [2.45, 2.75) is 31.4 Å². The number of hydrogen-bond acceptors (Lipinski definition) is 5. The van der Waals surface area contributed by atoms with Crippen LogP contribution in [0.5, 0.6) is 5.75 Å². The summed E-state index contributed by atoms with van der Waals surface area (Å²) in [6.45, 7) is 2.01. The molecule has 134 valence electrons. The zero-order valence-corrected chi connectivity index (χ0v) is 14.1. The molecule has 7 heteroatoms. The van der Waals surface area contributed by atoms with E-state index in [1.165, 1.54) is 24.1 Å². The number of likely N-dealkylation sites (tertiary alicyclic amines) is 1. The first-order valence-corrected chi connectivity index (χ1v) is 8.25. The summed E-state index contributed by atoms with van der Waals surface area (Å²) in [5.41, 5.74) is 4.37. The first kappa shape index (κ1) is 18.6. The molecule has 1 aromatic carbocycles. The number of amides is 1. The van der Waals surface area contributed by atoms with Gasteiger partial charge in [-0.15, -0.1) is 0 Å². The number of hydrogen-bond donors (Lipinski definition) is 3. The number of ether oxygens (including phenoxy) is 1. The lowest BCUT2D eigenvalue weighted by atomic mass is 9.91. The van der Waals surface area contributed by atoms with E-state index in [4.69, 9.17) is 10.5 Å². The Bertz CT molecular complexity index is 570. The molecule has 1 heterocycles. The highest BCUT2D eigenvalue weighted by atomic mass is 19.1. The van der Waals surface area contributed by atoms with Gasteiger partial charge in [0.25, 0.3) is 5.91 Å². The van der Waals surface area contributed by atoms with Gasteiger partial charge >= 0.3 is 0 Å². The van der Waals surface area contributed by atoms with Crippen LogP contribution in [0.2, 0.25) is 0 Å². The number of benzene rings is 1. The Balaban J connectivity index is 2.04. The van der Waals surface area contributed by atoms with Gasteiger partial charge in [-0.05, 0) is 50.6 Å². The van der Waals surface area contributed by atoms with Crippen molar-refractivity contribution in [3.8, 4) is 5.75 Å². The molecule has 24 heavy (non-hydrogen) atoms. The van der Waals surface area contributed by atoms with Crippen LogP contribution in [0, 0.1) is 5.82 Å². The van der Waals surface area contributed by atoms with Gasteiger partial charge in [-0.25, -0.2) is 4.39 Å². The molecule has 0 bridgehead atoms. The van der Waals surface area contributed by atoms with E-state index in [1.807, 2.05) is 0 Å². The molecular weight excluding hydrogens is 313 g/mol. The summed E-state index contributed by atoms with van der Waals surface area (Å²) in [5.74, 6) is -0.218. The fourth-order valence-electron chi connectivity index (χ4n) is 2.91. The van der Waals surface area contributed by atoms with Crippen molar-refractivity contribution in [1.29, 1.82) is 0 Å². The predicted molar refractivity (Wildman–Crippen MR) is 89.1 cm³/mol. The zero-order chi connectivity index (χ0) is 17.6. The molecule has 0 spiro atoms. The van der Waals surface area contributed by atoms with Gasteiger partial charge in [0, 0.05) is 25.2 Å². The number of aliphatic hydroxyl groups is 1. The van der Waals surface area contributed by atoms with Crippen molar-refractivity contribution < 1.29 is 19.0 Å². The van der Waals surface area contributed by atoms with Crippen molar-refractivity contribution in [3.05, 3.63) is 29.6 Å². The largest absolute Gasteiger partial charge is 0.497 e. The average Bonchev–Trinajstić information content (AvgIpc) is 2.58. The quantitative estimate of drug-likeness (QED) is 0.605. The molecule has 1 aliphatic rings. The second-order valence-corrected chi connectivity index (χ2v) is 6.14. The van der Waals surface area contributed by atoms with E-state index in [2.05, 4.69) is 5.32 Å². The fourth-order valence-corrected chi connectivity index (χ4v) is 2.91. The molecule has 0 radical (unpaired) electrons. The summed E-state index contributed by atoms with van der Waals surface area (Å²) in [6.07, 6.45) is 1.86. The highest BCUT2D eigenvalue weighted by molar-refractivity contribution is 5.86. The smallest absolute Gasteiger partial charge is 0.256 e. The van der Waals surface area contributed by atoms with Gasteiger partial charge in [-0.2, -0.15) is 0 Å². The normalized spacial score (nSPS) is 21.2. The number of carbonyl (C=O) groups excluding carboxylic acids is 1. The molecule has 0 aromatic heterocycles. The first-order chi connectivity index (χ1) is 11.5. The fraction of sp³-hybridized carbons (Fsp3) is 0.588. The minimum absolute atomic E-state index is 0.118. The predicted octanol–water partition coefficient (Wildman–Crippen LogP) is 0.626. The van der Waals surface area contributed by atoms with Gasteiger partial charge in [0.05, 0.1) is 7.11 Å². The Morgan fingerprint density at radius 3 is 3.00 bits per heavy atom. The maximum Gasteiger partial charge on any atom is 0.256 e. The molecule has 2 rings (SSSR count). The van der Waals surface area contributed by atoms with E-state index in [9.17, 15) is 14.3 Å². The number of methoxy groups -OCH3 is 1. The van der Waals surface area contributed by atoms with Crippen LogP contribution in [0.3, 0.4) is 0 Å². The van der Waals surface area contributed by atoms with Gasteiger partial charge in [0.15, 0.2) is 5.60 Å². The molecule has 1 fully saturated rings. The van der Waals surface area contributed by atoms with Gasteiger partial charge < -0.3 is 25.8 Å². The van der Waals surface area contributed by atoms with E-state index in [-0.39, 0.29) is 19.0 Å². The maximum atomic E-state index is 14.0. The van der Waals surface area contributed by atoms with Crippen LogP contribution in [0.25, 0.3) is 0 Å². The second kappa shape index (κ2) is 8.41. The van der Waals surface area contributed by atoms with Crippen LogP contribution in [0.1, 0.15) is 24.8 Å². The third-order valence-corrected chi connectivity index (χ3v) is 4.29. The molecular formula is C17H26FN3O3. The zero-order valence-electron chi connectivity index (χ0n) is 14.1. The Labute approximate surface area is 141 Å².